The van der Waals surface area contributed by atoms with Gasteiger partial charge in [-0.3, -0.25) is 0 Å². The number of likely N-dealkylation sites (tertiary alicyclic amines) is 1. The van der Waals surface area contributed by atoms with Gasteiger partial charge >= 0.3 is 0 Å². The van der Waals surface area contributed by atoms with Gasteiger partial charge in [0.1, 0.15) is 11.5 Å². The molecule has 5 rings (SSSR count). The van der Waals surface area contributed by atoms with E-state index in [-0.39, 0.29) is 17.6 Å². The van der Waals surface area contributed by atoms with Crippen LogP contribution in [-0.2, 0) is 6.42 Å². The van der Waals surface area contributed by atoms with Gasteiger partial charge in [-0.25, -0.2) is 0 Å². The molecule has 3 aromatic rings. The van der Waals surface area contributed by atoms with Crippen LogP contribution in [0.1, 0.15) is 46.9 Å². The van der Waals surface area contributed by atoms with Gasteiger partial charge in [-0.1, -0.05) is 30.3 Å². The Morgan fingerprint density at radius 2 is 1.62 bits per heavy atom. The Hall–Kier alpha value is -3.18. The van der Waals surface area contributed by atoms with E-state index in [0.717, 1.165) is 29.8 Å². The molecule has 0 saturated carbocycles. The fraction of sp³-hybridized carbons (Fsp3) is 0.379. The Kier molecular flexibility index (Phi) is 6.63. The van der Waals surface area contributed by atoms with Crippen LogP contribution in [0.25, 0.3) is 0 Å². The van der Waals surface area contributed by atoms with Crippen LogP contribution in [0.15, 0.2) is 60.7 Å². The molecule has 2 unspecified atom stereocenters. The van der Waals surface area contributed by atoms with Gasteiger partial charge in [0.15, 0.2) is 11.5 Å². The minimum Gasteiger partial charge on any atom is -0.508 e. The van der Waals surface area contributed by atoms with Crippen molar-refractivity contribution in [3.63, 3.8) is 0 Å². The molecule has 1 saturated heterocycles. The predicted octanol–water partition coefficient (Wildman–Crippen LogP) is 5.36. The van der Waals surface area contributed by atoms with E-state index in [9.17, 15) is 5.11 Å². The van der Waals surface area contributed by atoms with Gasteiger partial charge in [0.05, 0.1) is 20.8 Å². The van der Waals surface area contributed by atoms with E-state index in [1.807, 2.05) is 24.3 Å². The average Bonchev–Trinajstić information content (AvgIpc) is 3.40. The van der Waals surface area contributed by atoms with E-state index in [1.165, 1.54) is 37.1 Å². The monoisotopic (exact) mass is 459 g/mol. The largest absolute Gasteiger partial charge is 0.508 e. The second-order valence-corrected chi connectivity index (χ2v) is 9.27. The Bertz CT molecular complexity index is 1120. The molecular weight excluding hydrogens is 426 g/mol. The first-order valence-electron chi connectivity index (χ1n) is 12.1. The van der Waals surface area contributed by atoms with Crippen LogP contribution in [0.2, 0.25) is 0 Å². The number of methoxy groups -OCH3 is 2. The fourth-order valence-electron chi connectivity index (χ4n) is 5.37. The zero-order valence-electron chi connectivity index (χ0n) is 20.0. The first kappa shape index (κ1) is 22.6. The predicted molar refractivity (Wildman–Crippen MR) is 134 cm³/mol. The zero-order valence-corrected chi connectivity index (χ0v) is 20.0. The normalized spacial score (nSPS) is 19.9. The van der Waals surface area contributed by atoms with Crippen LogP contribution in [0.5, 0.6) is 23.0 Å². The summed E-state index contributed by atoms with van der Waals surface area (Å²) in [6, 6.07) is 20.5. The molecule has 2 atom stereocenters. The summed E-state index contributed by atoms with van der Waals surface area (Å²) in [4.78, 5) is 2.55. The fourth-order valence-corrected chi connectivity index (χ4v) is 5.37. The van der Waals surface area contributed by atoms with Crippen molar-refractivity contribution in [2.75, 3.05) is 40.5 Å². The third kappa shape index (κ3) is 4.58. The molecule has 1 N–H and O–H groups in total. The molecule has 34 heavy (non-hydrogen) atoms. The molecule has 1 fully saturated rings. The maximum absolute atomic E-state index is 10.3. The molecule has 0 spiro atoms. The van der Waals surface area contributed by atoms with Crippen molar-refractivity contribution in [3.8, 4) is 23.0 Å². The lowest BCUT2D eigenvalue weighted by atomic mass is 9.75. The van der Waals surface area contributed by atoms with Gasteiger partial charge in [0, 0.05) is 23.9 Å². The zero-order chi connectivity index (χ0) is 23.5. The molecule has 0 radical (unpaired) electrons. The summed E-state index contributed by atoms with van der Waals surface area (Å²) < 4.78 is 17.2. The number of fused-ring (bicyclic) bond motifs is 1. The van der Waals surface area contributed by atoms with E-state index in [1.54, 1.807) is 20.3 Å². The van der Waals surface area contributed by atoms with E-state index < -0.39 is 0 Å². The number of ether oxygens (including phenoxy) is 3. The Labute approximate surface area is 201 Å². The van der Waals surface area contributed by atoms with Crippen LogP contribution in [-0.4, -0.2) is 50.5 Å². The highest BCUT2D eigenvalue weighted by atomic mass is 16.5. The average molecular weight is 460 g/mol. The first-order chi connectivity index (χ1) is 16.7. The SMILES string of the molecule is COc1ccc(C2COc3ccc(O)cc3C2c2ccc(CCN3CCCC3)cc2)cc1OC. The molecule has 2 aliphatic heterocycles. The molecule has 0 aliphatic carbocycles. The summed E-state index contributed by atoms with van der Waals surface area (Å²) in [5, 5.41) is 10.3. The van der Waals surface area contributed by atoms with Crippen LogP contribution >= 0.6 is 0 Å². The smallest absolute Gasteiger partial charge is 0.160 e. The number of hydrogen-bond donors (Lipinski definition) is 1. The quantitative estimate of drug-likeness (QED) is 0.516. The summed E-state index contributed by atoms with van der Waals surface area (Å²) in [5.41, 5.74) is 4.71. The van der Waals surface area contributed by atoms with Crippen molar-refractivity contribution in [1.82, 2.24) is 4.90 Å². The minimum absolute atomic E-state index is 0.0570. The Balaban J connectivity index is 1.47. The number of phenolic OH excluding ortho intramolecular Hbond substituents is 1. The molecule has 5 heteroatoms. The number of nitrogens with zero attached hydrogens (tertiary/aromatic N) is 1. The lowest BCUT2D eigenvalue weighted by molar-refractivity contribution is 0.247. The summed E-state index contributed by atoms with van der Waals surface area (Å²) in [5.74, 6) is 2.63. The van der Waals surface area contributed by atoms with Crippen LogP contribution < -0.4 is 14.2 Å². The third-order valence-corrected chi connectivity index (χ3v) is 7.24. The molecule has 0 aromatic heterocycles. The second kappa shape index (κ2) is 9.98. The first-order valence-corrected chi connectivity index (χ1v) is 12.1. The van der Waals surface area contributed by atoms with Crippen molar-refractivity contribution < 1.29 is 19.3 Å². The van der Waals surface area contributed by atoms with Gasteiger partial charge in [-0.15, -0.1) is 0 Å². The lowest BCUT2D eigenvalue weighted by Crippen LogP contribution is -2.25. The van der Waals surface area contributed by atoms with E-state index in [4.69, 9.17) is 14.2 Å². The highest BCUT2D eigenvalue weighted by Crippen LogP contribution is 2.48. The van der Waals surface area contributed by atoms with Crippen molar-refractivity contribution in [1.29, 1.82) is 0 Å². The van der Waals surface area contributed by atoms with E-state index in [0.29, 0.717) is 18.1 Å². The summed E-state index contributed by atoms with van der Waals surface area (Å²) in [6.45, 7) is 4.14. The van der Waals surface area contributed by atoms with Crippen molar-refractivity contribution in [2.45, 2.75) is 31.1 Å². The standard InChI is InChI=1S/C29H33NO4/c1-32-27-11-9-22(17-28(27)33-2)25-19-34-26-12-10-23(31)18-24(26)29(25)21-7-5-20(6-8-21)13-16-30-14-3-4-15-30/h5-12,17-18,25,29,31H,3-4,13-16,19H2,1-2H3. The minimum atomic E-state index is 0.0570. The number of hydrogen-bond acceptors (Lipinski definition) is 5. The number of rotatable bonds is 7. The van der Waals surface area contributed by atoms with Crippen molar-refractivity contribution in [3.05, 3.63) is 82.9 Å². The van der Waals surface area contributed by atoms with Crippen LogP contribution in [0, 0.1) is 0 Å². The van der Waals surface area contributed by atoms with Gasteiger partial charge in [0.2, 0.25) is 0 Å². The topological polar surface area (TPSA) is 51.2 Å². The van der Waals surface area contributed by atoms with Gasteiger partial charge in [-0.05, 0) is 79.4 Å². The molecule has 0 bridgehead atoms. The molecule has 2 heterocycles. The lowest BCUT2D eigenvalue weighted by Gasteiger charge is -2.35. The van der Waals surface area contributed by atoms with E-state index >= 15 is 0 Å². The second-order valence-electron chi connectivity index (χ2n) is 9.27. The summed E-state index contributed by atoms with van der Waals surface area (Å²) in [6.07, 6.45) is 3.73. The van der Waals surface area contributed by atoms with Crippen molar-refractivity contribution in [2.24, 2.45) is 0 Å². The Morgan fingerprint density at radius 1 is 0.882 bits per heavy atom. The molecule has 2 aliphatic rings. The maximum Gasteiger partial charge on any atom is 0.160 e. The van der Waals surface area contributed by atoms with E-state index in [2.05, 4.69) is 35.2 Å². The maximum atomic E-state index is 10.3. The Morgan fingerprint density at radius 3 is 2.35 bits per heavy atom. The molecule has 0 amide bonds. The summed E-state index contributed by atoms with van der Waals surface area (Å²) >= 11 is 0. The molecule has 5 nitrogen and oxygen atoms in total. The highest BCUT2D eigenvalue weighted by molar-refractivity contribution is 5.52. The van der Waals surface area contributed by atoms with Crippen molar-refractivity contribution >= 4 is 0 Å². The molecular formula is C29H33NO4. The van der Waals surface area contributed by atoms with Gasteiger partial charge in [0.25, 0.3) is 0 Å². The van der Waals surface area contributed by atoms with Gasteiger partial charge in [-0.2, -0.15) is 0 Å². The molecule has 178 valence electrons. The molecule has 3 aromatic carbocycles. The number of benzene rings is 3. The van der Waals surface area contributed by atoms with Crippen LogP contribution in [0.4, 0.5) is 0 Å². The van der Waals surface area contributed by atoms with Gasteiger partial charge < -0.3 is 24.2 Å². The number of phenols is 1. The highest BCUT2D eigenvalue weighted by Gasteiger charge is 2.34. The summed E-state index contributed by atoms with van der Waals surface area (Å²) in [7, 11) is 3.30. The number of aromatic hydroxyl groups is 1. The third-order valence-electron chi connectivity index (χ3n) is 7.24. The van der Waals surface area contributed by atoms with Crippen LogP contribution in [0.3, 0.4) is 0 Å².